The molecule has 22 heavy (non-hydrogen) atoms. The zero-order valence-electron chi connectivity index (χ0n) is 14.3. The number of likely N-dealkylation sites (N-methyl/N-ethyl adjacent to an activating group) is 1. The zero-order valence-corrected chi connectivity index (χ0v) is 14.3. The third kappa shape index (κ3) is 3.37. The van der Waals surface area contributed by atoms with Crippen LogP contribution in [0.2, 0.25) is 0 Å². The van der Waals surface area contributed by atoms with Gasteiger partial charge in [-0.3, -0.25) is 4.79 Å². The molecule has 1 unspecified atom stereocenters. The number of carbonyl (C=O) groups is 2. The molecule has 0 aromatic heterocycles. The van der Waals surface area contributed by atoms with Crippen LogP contribution in [0.5, 0.6) is 0 Å². The summed E-state index contributed by atoms with van der Waals surface area (Å²) >= 11 is 0. The van der Waals surface area contributed by atoms with Gasteiger partial charge in [0, 0.05) is 26.7 Å². The average molecular weight is 310 g/mol. The van der Waals surface area contributed by atoms with Gasteiger partial charge < -0.3 is 20.4 Å². The molecule has 0 bridgehead atoms. The Morgan fingerprint density at radius 2 is 1.68 bits per heavy atom. The number of hydrogen-bond donors (Lipinski definition) is 1. The van der Waals surface area contributed by atoms with Gasteiger partial charge in [-0.05, 0) is 44.2 Å². The molecule has 0 saturated carbocycles. The summed E-state index contributed by atoms with van der Waals surface area (Å²) in [5.74, 6) is -0.414. The number of carbonyl (C=O) groups excluding carboxylic acids is 2. The SMILES string of the molecule is CC(C)C(C(N)=O)N(C)C(=O)N1CCC2(CCN(C)C2)CC1. The van der Waals surface area contributed by atoms with Gasteiger partial charge in [-0.25, -0.2) is 4.79 Å². The number of rotatable bonds is 3. The van der Waals surface area contributed by atoms with Crippen LogP contribution < -0.4 is 5.73 Å². The molecule has 0 aromatic carbocycles. The van der Waals surface area contributed by atoms with Gasteiger partial charge in [0.1, 0.15) is 6.04 Å². The van der Waals surface area contributed by atoms with Crippen molar-refractivity contribution < 1.29 is 9.59 Å². The maximum Gasteiger partial charge on any atom is 0.320 e. The van der Waals surface area contributed by atoms with Crippen LogP contribution in [-0.4, -0.2) is 73.0 Å². The molecule has 0 aromatic rings. The maximum absolute atomic E-state index is 12.6. The Bertz CT molecular complexity index is 430. The first-order valence-electron chi connectivity index (χ1n) is 8.25. The number of likely N-dealkylation sites (tertiary alicyclic amines) is 2. The normalized spacial score (nSPS) is 23.0. The summed E-state index contributed by atoms with van der Waals surface area (Å²) in [5, 5.41) is 0. The maximum atomic E-state index is 12.6. The third-order valence-corrected chi connectivity index (χ3v) is 5.37. The van der Waals surface area contributed by atoms with E-state index in [-0.39, 0.29) is 11.9 Å². The fourth-order valence-electron chi connectivity index (χ4n) is 4.05. The van der Waals surface area contributed by atoms with Crippen LogP contribution in [0.25, 0.3) is 0 Å². The van der Waals surface area contributed by atoms with Gasteiger partial charge in [0.15, 0.2) is 0 Å². The second-order valence-electron chi connectivity index (χ2n) is 7.46. The molecule has 2 saturated heterocycles. The van der Waals surface area contributed by atoms with Gasteiger partial charge in [0.2, 0.25) is 5.91 Å². The molecule has 6 heteroatoms. The number of primary amides is 1. The lowest BCUT2D eigenvalue weighted by Gasteiger charge is -2.41. The van der Waals surface area contributed by atoms with Crippen LogP contribution in [0.15, 0.2) is 0 Å². The number of nitrogens with zero attached hydrogens (tertiary/aromatic N) is 3. The van der Waals surface area contributed by atoms with E-state index in [1.165, 1.54) is 11.3 Å². The van der Waals surface area contributed by atoms with Crippen molar-refractivity contribution in [2.75, 3.05) is 40.3 Å². The van der Waals surface area contributed by atoms with Crippen LogP contribution in [0.3, 0.4) is 0 Å². The lowest BCUT2D eigenvalue weighted by Crippen LogP contribution is -2.55. The molecule has 2 fully saturated rings. The van der Waals surface area contributed by atoms with E-state index in [1.807, 2.05) is 18.7 Å². The van der Waals surface area contributed by atoms with Gasteiger partial charge in [-0.2, -0.15) is 0 Å². The summed E-state index contributed by atoms with van der Waals surface area (Å²) in [6.07, 6.45) is 3.34. The summed E-state index contributed by atoms with van der Waals surface area (Å²) in [7, 11) is 3.85. The smallest absolute Gasteiger partial charge is 0.320 e. The van der Waals surface area contributed by atoms with Crippen molar-refractivity contribution >= 4 is 11.9 Å². The van der Waals surface area contributed by atoms with E-state index in [1.54, 1.807) is 7.05 Å². The van der Waals surface area contributed by atoms with Gasteiger partial charge in [0.25, 0.3) is 0 Å². The molecular weight excluding hydrogens is 280 g/mol. The number of amides is 3. The highest BCUT2D eigenvalue weighted by molar-refractivity contribution is 5.86. The molecule has 1 atom stereocenters. The summed E-state index contributed by atoms with van der Waals surface area (Å²) in [5.41, 5.74) is 5.85. The van der Waals surface area contributed by atoms with E-state index in [0.717, 1.165) is 39.0 Å². The second-order valence-corrected chi connectivity index (χ2v) is 7.46. The van der Waals surface area contributed by atoms with Crippen molar-refractivity contribution in [3.63, 3.8) is 0 Å². The van der Waals surface area contributed by atoms with E-state index < -0.39 is 11.9 Å². The first-order valence-corrected chi connectivity index (χ1v) is 8.25. The standard InChI is InChI=1S/C16H30N4O2/c1-12(2)13(14(17)21)19(4)15(22)20-9-6-16(7-10-20)5-8-18(3)11-16/h12-13H,5-11H2,1-4H3,(H2,17,21). The average Bonchev–Trinajstić information content (AvgIpc) is 2.79. The topological polar surface area (TPSA) is 69.9 Å². The summed E-state index contributed by atoms with van der Waals surface area (Å²) < 4.78 is 0. The molecule has 2 heterocycles. The Hall–Kier alpha value is -1.30. The molecular formula is C16H30N4O2. The molecule has 1 spiro atoms. The van der Waals surface area contributed by atoms with Crippen molar-refractivity contribution in [3.8, 4) is 0 Å². The van der Waals surface area contributed by atoms with Crippen molar-refractivity contribution in [1.29, 1.82) is 0 Å². The third-order valence-electron chi connectivity index (χ3n) is 5.37. The summed E-state index contributed by atoms with van der Waals surface area (Å²) in [6, 6.07) is -0.611. The summed E-state index contributed by atoms with van der Waals surface area (Å²) in [6.45, 7) is 7.68. The van der Waals surface area contributed by atoms with E-state index >= 15 is 0 Å². The Kier molecular flexibility index (Phi) is 5.00. The van der Waals surface area contributed by atoms with Crippen LogP contribution in [0, 0.1) is 11.3 Å². The first-order chi connectivity index (χ1) is 10.3. The van der Waals surface area contributed by atoms with E-state index in [2.05, 4.69) is 11.9 Å². The van der Waals surface area contributed by atoms with Crippen molar-refractivity contribution in [2.45, 2.75) is 39.2 Å². The monoisotopic (exact) mass is 310 g/mol. The van der Waals surface area contributed by atoms with Crippen LogP contribution in [0.4, 0.5) is 4.79 Å². The van der Waals surface area contributed by atoms with Gasteiger partial charge in [-0.15, -0.1) is 0 Å². The van der Waals surface area contributed by atoms with Crippen molar-refractivity contribution in [2.24, 2.45) is 17.1 Å². The fourth-order valence-corrected chi connectivity index (χ4v) is 4.05. The molecule has 126 valence electrons. The Morgan fingerprint density at radius 3 is 2.09 bits per heavy atom. The van der Waals surface area contributed by atoms with Crippen molar-refractivity contribution in [3.05, 3.63) is 0 Å². The highest BCUT2D eigenvalue weighted by Crippen LogP contribution is 2.39. The minimum absolute atomic E-state index is 0.0195. The molecule has 2 aliphatic heterocycles. The lowest BCUT2D eigenvalue weighted by molar-refractivity contribution is -0.123. The van der Waals surface area contributed by atoms with Gasteiger partial charge >= 0.3 is 6.03 Å². The molecule has 3 amide bonds. The fraction of sp³-hybridized carbons (Fsp3) is 0.875. The van der Waals surface area contributed by atoms with E-state index in [0.29, 0.717) is 5.41 Å². The number of urea groups is 1. The van der Waals surface area contributed by atoms with Crippen molar-refractivity contribution in [1.82, 2.24) is 14.7 Å². The van der Waals surface area contributed by atoms with Crippen LogP contribution in [-0.2, 0) is 4.79 Å². The zero-order chi connectivity index (χ0) is 16.5. The van der Waals surface area contributed by atoms with Gasteiger partial charge in [0.05, 0.1) is 0 Å². The largest absolute Gasteiger partial charge is 0.368 e. The molecule has 2 N–H and O–H groups in total. The highest BCUT2D eigenvalue weighted by atomic mass is 16.2. The highest BCUT2D eigenvalue weighted by Gasteiger charge is 2.41. The molecule has 0 aliphatic carbocycles. The molecule has 0 radical (unpaired) electrons. The quantitative estimate of drug-likeness (QED) is 0.844. The molecule has 2 aliphatic rings. The molecule has 6 nitrogen and oxygen atoms in total. The first kappa shape index (κ1) is 17.1. The molecule has 2 rings (SSSR count). The minimum atomic E-state index is -0.541. The number of piperidine rings is 1. The Labute approximate surface area is 133 Å². The minimum Gasteiger partial charge on any atom is -0.368 e. The van der Waals surface area contributed by atoms with Crippen LogP contribution in [0.1, 0.15) is 33.1 Å². The lowest BCUT2D eigenvalue weighted by atomic mass is 9.78. The second kappa shape index (κ2) is 6.44. The summed E-state index contributed by atoms with van der Waals surface area (Å²) in [4.78, 5) is 30.0. The van der Waals surface area contributed by atoms with E-state index in [4.69, 9.17) is 5.73 Å². The number of hydrogen-bond acceptors (Lipinski definition) is 3. The van der Waals surface area contributed by atoms with E-state index in [9.17, 15) is 9.59 Å². The van der Waals surface area contributed by atoms with Gasteiger partial charge in [-0.1, -0.05) is 13.8 Å². The number of nitrogens with two attached hydrogens (primary N) is 1. The Balaban J connectivity index is 1.95. The Morgan fingerprint density at radius 1 is 1.14 bits per heavy atom. The predicted octanol–water partition coefficient (Wildman–Crippen LogP) is 0.966. The van der Waals surface area contributed by atoms with Crippen LogP contribution >= 0.6 is 0 Å². The predicted molar refractivity (Wildman–Crippen MR) is 86.3 cm³/mol.